The molecule has 0 aliphatic carbocycles. The van der Waals surface area contributed by atoms with Gasteiger partial charge in [0.25, 0.3) is 0 Å². The van der Waals surface area contributed by atoms with Crippen LogP contribution in [-0.4, -0.2) is 36.6 Å². The SMILES string of the molecule is C[N+]1([O-])CC=C(COO)CC1. The van der Waals surface area contributed by atoms with Crippen molar-refractivity contribution < 1.29 is 14.8 Å². The molecule has 0 fully saturated rings. The highest BCUT2D eigenvalue weighted by molar-refractivity contribution is 5.04. The second-order valence-electron chi connectivity index (χ2n) is 3.09. The van der Waals surface area contributed by atoms with Gasteiger partial charge >= 0.3 is 0 Å². The predicted molar refractivity (Wildman–Crippen MR) is 40.6 cm³/mol. The maximum Gasteiger partial charge on any atom is 0.103 e. The van der Waals surface area contributed by atoms with Gasteiger partial charge in [0.1, 0.15) is 6.61 Å². The van der Waals surface area contributed by atoms with Crippen LogP contribution in [0.25, 0.3) is 0 Å². The van der Waals surface area contributed by atoms with E-state index in [1.807, 2.05) is 6.08 Å². The van der Waals surface area contributed by atoms with Crippen molar-refractivity contribution >= 4 is 0 Å². The van der Waals surface area contributed by atoms with Gasteiger partial charge in [-0.25, -0.2) is 4.89 Å². The van der Waals surface area contributed by atoms with E-state index in [1.54, 1.807) is 7.05 Å². The molecule has 0 aromatic carbocycles. The maximum absolute atomic E-state index is 11.3. The molecule has 1 aliphatic rings. The van der Waals surface area contributed by atoms with Crippen LogP contribution in [0.15, 0.2) is 11.6 Å². The fraction of sp³-hybridized carbons (Fsp3) is 0.714. The van der Waals surface area contributed by atoms with Crippen LogP contribution in [0.4, 0.5) is 0 Å². The summed E-state index contributed by atoms with van der Waals surface area (Å²) in [7, 11) is 1.65. The number of likely N-dealkylation sites (N-methyl/N-ethyl adjacent to an activating group) is 1. The van der Waals surface area contributed by atoms with E-state index >= 15 is 0 Å². The summed E-state index contributed by atoms with van der Waals surface area (Å²) in [5, 5.41) is 19.4. The number of hydrogen-bond donors (Lipinski definition) is 1. The summed E-state index contributed by atoms with van der Waals surface area (Å²) in [5.74, 6) is 0. The summed E-state index contributed by atoms with van der Waals surface area (Å²) >= 11 is 0. The van der Waals surface area contributed by atoms with E-state index in [9.17, 15) is 5.21 Å². The molecule has 0 amide bonds. The van der Waals surface area contributed by atoms with Crippen LogP contribution in [0.3, 0.4) is 0 Å². The third-order valence-corrected chi connectivity index (χ3v) is 1.92. The lowest BCUT2D eigenvalue weighted by molar-refractivity contribution is -0.856. The Morgan fingerprint density at radius 2 is 2.55 bits per heavy atom. The van der Waals surface area contributed by atoms with Crippen LogP contribution in [0.5, 0.6) is 0 Å². The summed E-state index contributed by atoms with van der Waals surface area (Å²) in [6.07, 6.45) is 2.56. The Labute approximate surface area is 65.8 Å². The highest BCUT2D eigenvalue weighted by atomic mass is 17.1. The lowest BCUT2D eigenvalue weighted by atomic mass is 10.1. The molecule has 0 aromatic rings. The largest absolute Gasteiger partial charge is 0.633 e. The van der Waals surface area contributed by atoms with Crippen molar-refractivity contribution in [2.45, 2.75) is 6.42 Å². The topological polar surface area (TPSA) is 52.5 Å². The van der Waals surface area contributed by atoms with E-state index in [0.29, 0.717) is 13.1 Å². The zero-order valence-corrected chi connectivity index (χ0v) is 6.62. The van der Waals surface area contributed by atoms with E-state index in [4.69, 9.17) is 5.26 Å². The Kier molecular flexibility index (Phi) is 2.62. The molecular weight excluding hydrogens is 146 g/mol. The third kappa shape index (κ3) is 2.59. The molecule has 0 aromatic heterocycles. The zero-order valence-electron chi connectivity index (χ0n) is 6.62. The average Bonchev–Trinajstić information content (AvgIpc) is 1.94. The average molecular weight is 159 g/mol. The molecule has 0 radical (unpaired) electrons. The quantitative estimate of drug-likeness (QED) is 0.213. The van der Waals surface area contributed by atoms with Crippen molar-refractivity contribution in [3.8, 4) is 0 Å². The van der Waals surface area contributed by atoms with Crippen molar-refractivity contribution in [2.24, 2.45) is 0 Å². The number of rotatable bonds is 2. The Morgan fingerprint density at radius 3 is 3.00 bits per heavy atom. The second kappa shape index (κ2) is 3.32. The lowest BCUT2D eigenvalue weighted by Gasteiger charge is -2.40. The van der Waals surface area contributed by atoms with Gasteiger partial charge in [-0.2, -0.15) is 0 Å². The van der Waals surface area contributed by atoms with Crippen LogP contribution < -0.4 is 0 Å². The smallest absolute Gasteiger partial charge is 0.103 e. The number of hydroxylamine groups is 3. The zero-order chi connectivity index (χ0) is 8.32. The molecule has 0 bridgehead atoms. The summed E-state index contributed by atoms with van der Waals surface area (Å²) in [5.41, 5.74) is 1.01. The highest BCUT2D eigenvalue weighted by Crippen LogP contribution is 2.14. The molecule has 0 saturated heterocycles. The van der Waals surface area contributed by atoms with E-state index in [0.717, 1.165) is 12.0 Å². The van der Waals surface area contributed by atoms with Gasteiger partial charge in [0, 0.05) is 6.42 Å². The van der Waals surface area contributed by atoms with Gasteiger partial charge in [-0.3, -0.25) is 5.26 Å². The minimum absolute atomic E-state index is 0.213. The van der Waals surface area contributed by atoms with Crippen molar-refractivity contribution in [3.63, 3.8) is 0 Å². The van der Waals surface area contributed by atoms with Gasteiger partial charge in [-0.05, 0) is 11.6 Å². The summed E-state index contributed by atoms with van der Waals surface area (Å²) < 4.78 is -0.213. The Bertz CT molecular complexity index is 165. The Balaban J connectivity index is 2.44. The number of nitrogens with zero attached hydrogens (tertiary/aromatic N) is 1. The molecule has 0 spiro atoms. The predicted octanol–water partition coefficient (Wildman–Crippen LogP) is 0.750. The Morgan fingerprint density at radius 1 is 1.82 bits per heavy atom. The molecule has 11 heavy (non-hydrogen) atoms. The molecule has 1 atom stereocenters. The van der Waals surface area contributed by atoms with E-state index in [-0.39, 0.29) is 11.3 Å². The fourth-order valence-corrected chi connectivity index (χ4v) is 1.11. The molecular formula is C7H13NO3. The van der Waals surface area contributed by atoms with Crippen LogP contribution in [0.1, 0.15) is 6.42 Å². The van der Waals surface area contributed by atoms with E-state index in [2.05, 4.69) is 4.89 Å². The van der Waals surface area contributed by atoms with Gasteiger partial charge in [-0.15, -0.1) is 0 Å². The second-order valence-corrected chi connectivity index (χ2v) is 3.09. The molecule has 1 heterocycles. The fourth-order valence-electron chi connectivity index (χ4n) is 1.11. The Hall–Kier alpha value is -0.420. The van der Waals surface area contributed by atoms with Crippen LogP contribution in [-0.2, 0) is 4.89 Å². The highest BCUT2D eigenvalue weighted by Gasteiger charge is 2.15. The molecule has 1 unspecified atom stereocenters. The van der Waals surface area contributed by atoms with Crippen LogP contribution in [0.2, 0.25) is 0 Å². The summed E-state index contributed by atoms with van der Waals surface area (Å²) in [6.45, 7) is 1.30. The standard InChI is InChI=1S/C7H13NO3/c1-8(9)4-2-7(3-5-8)6-11-10/h2,10H,3-6H2,1H3. The van der Waals surface area contributed by atoms with Gasteiger partial charge in [0.05, 0.1) is 20.1 Å². The first-order valence-electron chi connectivity index (χ1n) is 3.64. The summed E-state index contributed by atoms with van der Waals surface area (Å²) in [4.78, 5) is 3.97. The first kappa shape index (κ1) is 8.67. The maximum atomic E-state index is 11.3. The molecule has 0 saturated carbocycles. The van der Waals surface area contributed by atoms with Crippen molar-refractivity contribution in [3.05, 3.63) is 16.9 Å². The monoisotopic (exact) mass is 159 g/mol. The van der Waals surface area contributed by atoms with Crippen molar-refractivity contribution in [2.75, 3.05) is 26.7 Å². The summed E-state index contributed by atoms with van der Waals surface area (Å²) in [6, 6.07) is 0. The molecule has 1 N–H and O–H groups in total. The van der Waals surface area contributed by atoms with Crippen molar-refractivity contribution in [1.82, 2.24) is 0 Å². The van der Waals surface area contributed by atoms with Gasteiger partial charge in [0.15, 0.2) is 0 Å². The van der Waals surface area contributed by atoms with Gasteiger partial charge in [0.2, 0.25) is 0 Å². The minimum atomic E-state index is -0.213. The molecule has 4 nitrogen and oxygen atoms in total. The van der Waals surface area contributed by atoms with Gasteiger partial charge in [-0.1, -0.05) is 0 Å². The molecule has 64 valence electrons. The molecule has 1 rings (SSSR count). The van der Waals surface area contributed by atoms with E-state index < -0.39 is 0 Å². The third-order valence-electron chi connectivity index (χ3n) is 1.92. The lowest BCUT2D eigenvalue weighted by Crippen LogP contribution is -2.41. The van der Waals surface area contributed by atoms with Crippen LogP contribution in [0, 0.1) is 5.21 Å². The number of quaternary nitrogens is 1. The normalized spacial score (nSPS) is 31.7. The van der Waals surface area contributed by atoms with Gasteiger partial charge < -0.3 is 9.85 Å². The first-order chi connectivity index (χ1) is 5.14. The van der Waals surface area contributed by atoms with E-state index in [1.165, 1.54) is 0 Å². The van der Waals surface area contributed by atoms with Crippen molar-refractivity contribution in [1.29, 1.82) is 0 Å². The minimum Gasteiger partial charge on any atom is -0.633 e. The molecule has 4 heteroatoms. The molecule has 1 aliphatic heterocycles. The van der Waals surface area contributed by atoms with Crippen LogP contribution >= 0.6 is 0 Å². The number of hydrogen-bond acceptors (Lipinski definition) is 3. The first-order valence-corrected chi connectivity index (χ1v) is 3.64.